The highest BCUT2D eigenvalue weighted by Gasteiger charge is 2.18. The lowest BCUT2D eigenvalue weighted by molar-refractivity contribution is 0.667. The smallest absolute Gasteiger partial charge is 0.0836 e. The summed E-state index contributed by atoms with van der Waals surface area (Å²) in [4.78, 5) is 1.39. The Kier molecular flexibility index (Phi) is 2.38. The van der Waals surface area contributed by atoms with Crippen molar-refractivity contribution >= 4 is 11.8 Å². The molecule has 0 aliphatic carbocycles. The van der Waals surface area contributed by atoms with Crippen molar-refractivity contribution in [3.8, 4) is 0 Å². The van der Waals surface area contributed by atoms with Crippen molar-refractivity contribution in [2.75, 3.05) is 6.54 Å². The summed E-state index contributed by atoms with van der Waals surface area (Å²) in [5, 5.41) is 4.01. The summed E-state index contributed by atoms with van der Waals surface area (Å²) in [5.74, 6) is 0. The lowest BCUT2D eigenvalue weighted by Gasteiger charge is -2.10. The normalized spacial score (nSPS) is 19.9. The second kappa shape index (κ2) is 3.50. The molecule has 2 rings (SSSR count). The van der Waals surface area contributed by atoms with E-state index in [2.05, 4.69) is 36.5 Å². The maximum Gasteiger partial charge on any atom is 0.0836 e. The predicted molar refractivity (Wildman–Crippen MR) is 53.3 cm³/mol. The van der Waals surface area contributed by atoms with Crippen LogP contribution in [-0.4, -0.2) is 6.54 Å². The lowest BCUT2D eigenvalue weighted by Crippen LogP contribution is -2.17. The molecule has 0 spiro atoms. The van der Waals surface area contributed by atoms with Gasteiger partial charge < -0.3 is 5.32 Å². The standard InChI is InChI=1S/C10H13NS/c1-2-6-11-10-8-4-3-5-9(7-8)12-10/h3-5,7,10-11H,2,6H2,1H3. The summed E-state index contributed by atoms with van der Waals surface area (Å²) in [6, 6.07) is 8.75. The Hall–Kier alpha value is -0.470. The van der Waals surface area contributed by atoms with Gasteiger partial charge in [0.25, 0.3) is 0 Å². The lowest BCUT2D eigenvalue weighted by atomic mass is 10.2. The summed E-state index contributed by atoms with van der Waals surface area (Å²) < 4.78 is 0. The molecule has 1 unspecified atom stereocenters. The van der Waals surface area contributed by atoms with E-state index in [1.807, 2.05) is 11.8 Å². The van der Waals surface area contributed by atoms with Gasteiger partial charge >= 0.3 is 0 Å². The van der Waals surface area contributed by atoms with E-state index in [1.165, 1.54) is 16.9 Å². The fourth-order valence-electron chi connectivity index (χ4n) is 1.39. The minimum atomic E-state index is 0.509. The maximum absolute atomic E-state index is 3.51. The highest BCUT2D eigenvalue weighted by atomic mass is 32.2. The van der Waals surface area contributed by atoms with E-state index >= 15 is 0 Å². The summed E-state index contributed by atoms with van der Waals surface area (Å²) >= 11 is 1.92. The molecule has 12 heavy (non-hydrogen) atoms. The van der Waals surface area contributed by atoms with E-state index in [0.717, 1.165) is 6.54 Å². The first-order valence-electron chi connectivity index (χ1n) is 4.40. The molecule has 2 bridgehead atoms. The van der Waals surface area contributed by atoms with Crippen LogP contribution < -0.4 is 5.32 Å². The second-order valence-electron chi connectivity index (χ2n) is 3.02. The van der Waals surface area contributed by atoms with Crippen molar-refractivity contribution in [1.29, 1.82) is 0 Å². The molecule has 0 aromatic heterocycles. The van der Waals surface area contributed by atoms with Crippen LogP contribution in [0.4, 0.5) is 0 Å². The minimum Gasteiger partial charge on any atom is -0.301 e. The van der Waals surface area contributed by atoms with E-state index < -0.39 is 0 Å². The largest absolute Gasteiger partial charge is 0.301 e. The van der Waals surface area contributed by atoms with Gasteiger partial charge in [0.05, 0.1) is 5.37 Å². The Labute approximate surface area is 77.6 Å². The molecular weight excluding hydrogens is 166 g/mol. The van der Waals surface area contributed by atoms with Gasteiger partial charge in [0, 0.05) is 4.90 Å². The maximum atomic E-state index is 3.51. The van der Waals surface area contributed by atoms with Crippen molar-refractivity contribution in [3.63, 3.8) is 0 Å². The van der Waals surface area contributed by atoms with Crippen LogP contribution in [-0.2, 0) is 0 Å². The third kappa shape index (κ3) is 1.50. The van der Waals surface area contributed by atoms with Crippen molar-refractivity contribution in [3.05, 3.63) is 29.8 Å². The summed E-state index contributed by atoms with van der Waals surface area (Å²) in [6.45, 7) is 3.30. The number of nitrogens with one attached hydrogen (secondary N) is 1. The Morgan fingerprint density at radius 2 is 2.42 bits per heavy atom. The third-order valence-electron chi connectivity index (χ3n) is 1.99. The first-order chi connectivity index (χ1) is 5.90. The van der Waals surface area contributed by atoms with Crippen LogP contribution in [0.15, 0.2) is 29.2 Å². The molecule has 0 saturated heterocycles. The monoisotopic (exact) mass is 179 g/mol. The molecule has 1 aliphatic heterocycles. The van der Waals surface area contributed by atoms with Gasteiger partial charge in [0.1, 0.15) is 0 Å². The number of thioether (sulfide) groups is 1. The van der Waals surface area contributed by atoms with E-state index in [-0.39, 0.29) is 0 Å². The van der Waals surface area contributed by atoms with Crippen molar-refractivity contribution in [2.45, 2.75) is 23.6 Å². The van der Waals surface area contributed by atoms with Crippen LogP contribution in [0.1, 0.15) is 24.3 Å². The fourth-order valence-corrected chi connectivity index (χ4v) is 2.51. The number of rotatable bonds is 3. The summed E-state index contributed by atoms with van der Waals surface area (Å²) in [7, 11) is 0. The predicted octanol–water partition coefficient (Wildman–Crippen LogP) is 2.79. The fraction of sp³-hybridized carbons (Fsp3) is 0.400. The van der Waals surface area contributed by atoms with Crippen LogP contribution in [0.2, 0.25) is 0 Å². The average molecular weight is 179 g/mol. The first-order valence-corrected chi connectivity index (χ1v) is 5.28. The average Bonchev–Trinajstić information content (AvgIpc) is 2.38. The molecule has 2 heteroatoms. The van der Waals surface area contributed by atoms with Crippen LogP contribution in [0, 0.1) is 0 Å². The molecule has 1 N–H and O–H groups in total. The topological polar surface area (TPSA) is 12.0 Å². The second-order valence-corrected chi connectivity index (χ2v) is 4.20. The first kappa shape index (κ1) is 8.14. The van der Waals surface area contributed by atoms with Crippen LogP contribution in [0.25, 0.3) is 0 Å². The zero-order valence-electron chi connectivity index (χ0n) is 7.21. The molecule has 0 amide bonds. The Bertz CT molecular complexity index is 272. The number of hydrogen-bond acceptors (Lipinski definition) is 2. The molecule has 0 fully saturated rings. The van der Waals surface area contributed by atoms with Gasteiger partial charge in [-0.15, -0.1) is 11.8 Å². The zero-order chi connectivity index (χ0) is 8.39. The van der Waals surface area contributed by atoms with Crippen LogP contribution in [0.5, 0.6) is 0 Å². The molecule has 1 heterocycles. The van der Waals surface area contributed by atoms with Gasteiger partial charge in [-0.1, -0.05) is 19.1 Å². The van der Waals surface area contributed by atoms with E-state index in [1.54, 1.807) is 0 Å². The number of benzene rings is 1. The van der Waals surface area contributed by atoms with Gasteiger partial charge in [0.2, 0.25) is 0 Å². The molecule has 64 valence electrons. The molecule has 0 saturated carbocycles. The van der Waals surface area contributed by atoms with Crippen molar-refractivity contribution in [1.82, 2.24) is 5.32 Å². The molecule has 1 aromatic rings. The number of fused-ring (bicyclic) bond motifs is 2. The van der Waals surface area contributed by atoms with Gasteiger partial charge in [-0.25, -0.2) is 0 Å². The molecule has 1 aliphatic rings. The summed E-state index contributed by atoms with van der Waals surface area (Å²) in [6.07, 6.45) is 1.20. The SMILES string of the molecule is CCCNC1Sc2cccc1c2. The highest BCUT2D eigenvalue weighted by Crippen LogP contribution is 2.40. The molecule has 1 aromatic carbocycles. The summed E-state index contributed by atoms with van der Waals surface area (Å²) in [5.41, 5.74) is 1.42. The minimum absolute atomic E-state index is 0.509. The van der Waals surface area contributed by atoms with Crippen LogP contribution >= 0.6 is 11.8 Å². The molecule has 1 atom stereocenters. The number of hydrogen-bond donors (Lipinski definition) is 1. The van der Waals surface area contributed by atoms with Gasteiger partial charge in [-0.3, -0.25) is 0 Å². The zero-order valence-corrected chi connectivity index (χ0v) is 8.03. The van der Waals surface area contributed by atoms with Crippen molar-refractivity contribution < 1.29 is 0 Å². The van der Waals surface area contributed by atoms with Gasteiger partial charge in [0.15, 0.2) is 0 Å². The van der Waals surface area contributed by atoms with E-state index in [0.29, 0.717) is 5.37 Å². The van der Waals surface area contributed by atoms with Crippen LogP contribution in [0.3, 0.4) is 0 Å². The molecular formula is C10H13NS. The van der Waals surface area contributed by atoms with E-state index in [4.69, 9.17) is 0 Å². The Morgan fingerprint density at radius 3 is 3.17 bits per heavy atom. The quantitative estimate of drug-likeness (QED) is 0.765. The Morgan fingerprint density at radius 1 is 1.50 bits per heavy atom. The highest BCUT2D eigenvalue weighted by molar-refractivity contribution is 7.99. The molecule has 0 radical (unpaired) electrons. The third-order valence-corrected chi connectivity index (χ3v) is 3.20. The van der Waals surface area contributed by atoms with Crippen molar-refractivity contribution in [2.24, 2.45) is 0 Å². The Balaban J connectivity index is 2.03. The van der Waals surface area contributed by atoms with Gasteiger partial charge in [-0.2, -0.15) is 0 Å². The molecule has 1 nitrogen and oxygen atoms in total. The van der Waals surface area contributed by atoms with Gasteiger partial charge in [-0.05, 0) is 30.7 Å². The van der Waals surface area contributed by atoms with E-state index in [9.17, 15) is 0 Å².